The number of carbonyl (C=O) groups excluding carboxylic acids is 1. The average molecular weight is 493 g/mol. The summed E-state index contributed by atoms with van der Waals surface area (Å²) in [5, 5.41) is 22.5. The third-order valence-electron chi connectivity index (χ3n) is 5.26. The van der Waals surface area contributed by atoms with Crippen LogP contribution in [0.25, 0.3) is 0 Å². The summed E-state index contributed by atoms with van der Waals surface area (Å²) < 4.78 is 10.6. The molecule has 0 spiro atoms. The minimum absolute atomic E-state index is 0.388. The summed E-state index contributed by atoms with van der Waals surface area (Å²) in [6.07, 6.45) is -1.49. The molecule has 2 rings (SSSR count). The number of hydrogen-bond donors (Lipinski definition) is 5. The van der Waals surface area contributed by atoms with Gasteiger partial charge in [-0.15, -0.1) is 11.8 Å². The molecule has 0 radical (unpaired) electrons. The summed E-state index contributed by atoms with van der Waals surface area (Å²) in [5.41, 5.74) is 0.686. The van der Waals surface area contributed by atoms with E-state index in [4.69, 9.17) is 9.26 Å². The minimum Gasteiger partial charge on any atom is -0.394 e. The van der Waals surface area contributed by atoms with Crippen molar-refractivity contribution in [1.82, 2.24) is 10.2 Å². The Morgan fingerprint density at radius 3 is 2.16 bits per heavy atom. The highest BCUT2D eigenvalue weighted by molar-refractivity contribution is 7.99. The monoisotopic (exact) mass is 492 g/mol. The second-order valence-electron chi connectivity index (χ2n) is 7.26. The van der Waals surface area contributed by atoms with Crippen LogP contribution < -0.4 is 5.32 Å². The van der Waals surface area contributed by atoms with Crippen LogP contribution >= 0.6 is 20.4 Å². The van der Waals surface area contributed by atoms with Gasteiger partial charge in [0.25, 0.3) is 5.91 Å². The molecule has 1 heterocycles. The lowest BCUT2D eigenvalue weighted by Crippen LogP contribution is -2.64. The zero-order valence-corrected chi connectivity index (χ0v) is 21.1. The Balaban J connectivity index is 0.000000633. The van der Waals surface area contributed by atoms with Crippen molar-refractivity contribution in [1.29, 1.82) is 0 Å². The molecule has 0 saturated carbocycles. The number of nitrogens with one attached hydrogen (secondary N) is 1. The number of carbonyl (C=O) groups is 1. The van der Waals surface area contributed by atoms with E-state index < -0.39 is 50.9 Å². The molecule has 0 bridgehead atoms. The molecule has 1 aromatic carbocycles. The van der Waals surface area contributed by atoms with E-state index in [-0.39, 0.29) is 0 Å². The van der Waals surface area contributed by atoms with Crippen LogP contribution in [0.3, 0.4) is 0 Å². The van der Waals surface area contributed by atoms with Crippen LogP contribution in [-0.2, 0) is 9.26 Å². The number of aliphatic hydroxyl groups is 2. The first-order valence-electron chi connectivity index (χ1n) is 10.6. The van der Waals surface area contributed by atoms with Crippen LogP contribution in [-0.4, -0.2) is 93.1 Å². The van der Waals surface area contributed by atoms with Gasteiger partial charge in [0.1, 0.15) is 23.7 Å². The van der Waals surface area contributed by atoms with E-state index in [9.17, 15) is 24.8 Å². The predicted molar refractivity (Wildman–Crippen MR) is 127 cm³/mol. The maximum Gasteiger partial charge on any atom is 0.327 e. The van der Waals surface area contributed by atoms with Gasteiger partial charge in [-0.25, -0.2) is 0 Å². The van der Waals surface area contributed by atoms with Gasteiger partial charge in [-0.2, -0.15) is 0 Å². The fourth-order valence-corrected chi connectivity index (χ4v) is 4.56. The Labute approximate surface area is 196 Å². The maximum atomic E-state index is 12.5. The van der Waals surface area contributed by atoms with Gasteiger partial charge in [0.15, 0.2) is 0 Å². The quantitative estimate of drug-likeness (QED) is 0.325. The van der Waals surface area contributed by atoms with Gasteiger partial charge >= 0.3 is 8.60 Å². The zero-order valence-electron chi connectivity index (χ0n) is 19.3. The van der Waals surface area contributed by atoms with E-state index in [2.05, 4.69) is 31.0 Å². The molecule has 11 heteroatoms. The van der Waals surface area contributed by atoms with Gasteiger partial charge in [0, 0.05) is 5.56 Å². The van der Waals surface area contributed by atoms with Gasteiger partial charge in [-0.05, 0) is 44.9 Å². The number of ether oxygens (including phenoxy) is 1. The predicted octanol–water partition coefficient (Wildman–Crippen LogP) is 1.48. The first kappa shape index (κ1) is 29.2. The van der Waals surface area contributed by atoms with Crippen molar-refractivity contribution in [2.75, 3.05) is 32.5 Å². The highest BCUT2D eigenvalue weighted by atomic mass is 32.2. The van der Waals surface area contributed by atoms with Crippen molar-refractivity contribution in [2.24, 2.45) is 0 Å². The van der Waals surface area contributed by atoms with Crippen molar-refractivity contribution in [3.8, 4) is 0 Å². The molecule has 1 aliphatic rings. The van der Waals surface area contributed by atoms with Gasteiger partial charge in [-0.1, -0.05) is 38.5 Å². The van der Waals surface area contributed by atoms with Gasteiger partial charge < -0.3 is 39.5 Å². The molecule has 1 aromatic rings. The largest absolute Gasteiger partial charge is 0.394 e. The summed E-state index contributed by atoms with van der Waals surface area (Å²) in [6.45, 7) is 11.6. The van der Waals surface area contributed by atoms with Crippen molar-refractivity contribution < 1.29 is 34.1 Å². The van der Waals surface area contributed by atoms with Crippen molar-refractivity contribution >= 4 is 26.3 Å². The van der Waals surface area contributed by atoms with Crippen LogP contribution in [0.4, 0.5) is 0 Å². The fourth-order valence-electron chi connectivity index (χ4n) is 3.27. The van der Waals surface area contributed by atoms with E-state index in [0.717, 1.165) is 5.56 Å². The fraction of sp³-hybridized carbons (Fsp3) is 0.667. The van der Waals surface area contributed by atoms with Crippen LogP contribution in [0.1, 0.15) is 36.7 Å². The Kier molecular flexibility index (Phi) is 13.8. The summed E-state index contributed by atoms with van der Waals surface area (Å²) in [7, 11) is -2.72. The van der Waals surface area contributed by atoms with Crippen LogP contribution in [0.5, 0.6) is 0 Å². The Bertz CT molecular complexity index is 659. The number of hydrogen-bond acceptors (Lipinski definition) is 9. The van der Waals surface area contributed by atoms with Crippen LogP contribution in [0, 0.1) is 6.92 Å². The molecule has 1 aliphatic heterocycles. The van der Waals surface area contributed by atoms with Crippen molar-refractivity contribution in [3.05, 3.63) is 35.4 Å². The molecular weight excluding hydrogens is 455 g/mol. The summed E-state index contributed by atoms with van der Waals surface area (Å²) >= 11 is 1.21. The topological polar surface area (TPSA) is 132 Å². The molecule has 5 atom stereocenters. The second-order valence-corrected chi connectivity index (χ2v) is 8.91. The highest BCUT2D eigenvalue weighted by Crippen LogP contribution is 2.37. The summed E-state index contributed by atoms with van der Waals surface area (Å²) in [6, 6.07) is 5.87. The molecule has 1 fully saturated rings. The molecule has 1 saturated heterocycles. The standard InChI is InChI=1S/C15H22NO7PS.C6H15N/c1-8-3-5-9(6-4-8)14(19)16-11-12(18)10(7-17)22-15(25-2)13(11)23-24(20)21;1-4-7(5-2)6-3/h3-6,10-13,15,17-18,20-21H,7H2,1-2H3,(H,16,19);4-6H2,1-3H3/t10-,11+,12+,13-,15+;/m1./s1. The number of aryl methyl sites for hydroxylation is 1. The van der Waals surface area contributed by atoms with Crippen LogP contribution in [0.2, 0.25) is 0 Å². The van der Waals surface area contributed by atoms with E-state index in [1.807, 2.05) is 6.92 Å². The molecule has 5 N–H and O–H groups in total. The Morgan fingerprint density at radius 2 is 1.75 bits per heavy atom. The van der Waals surface area contributed by atoms with E-state index in [1.165, 1.54) is 31.4 Å². The molecule has 184 valence electrons. The smallest absolute Gasteiger partial charge is 0.327 e. The third kappa shape index (κ3) is 8.85. The van der Waals surface area contributed by atoms with Crippen molar-refractivity contribution in [2.45, 2.75) is 57.5 Å². The molecule has 0 aromatic heterocycles. The first-order chi connectivity index (χ1) is 15.2. The average Bonchev–Trinajstić information content (AvgIpc) is 2.78. The number of nitrogens with zero attached hydrogens (tertiary/aromatic N) is 1. The summed E-state index contributed by atoms with van der Waals surface area (Å²) in [4.78, 5) is 33.3. The molecule has 32 heavy (non-hydrogen) atoms. The molecule has 0 aliphatic carbocycles. The number of benzene rings is 1. The lowest BCUT2D eigenvalue weighted by molar-refractivity contribution is -0.159. The lowest BCUT2D eigenvalue weighted by Gasteiger charge is -2.43. The number of thioether (sulfide) groups is 1. The molecule has 1 amide bonds. The molecular formula is C21H37N2O7PS. The SMILES string of the molecule is CCN(CC)CC.CS[C@@H]1O[C@H](CO)[C@H](O)[C@H](NC(=O)c2ccc(C)cc2)[C@H]1OP(O)O. The molecule has 9 nitrogen and oxygen atoms in total. The zero-order chi connectivity index (χ0) is 24.3. The normalized spacial score (nSPS) is 25.4. The number of rotatable bonds is 9. The molecule has 0 unspecified atom stereocenters. The Morgan fingerprint density at radius 1 is 1.19 bits per heavy atom. The summed E-state index contributed by atoms with van der Waals surface area (Å²) in [5.74, 6) is -0.448. The first-order valence-corrected chi connectivity index (χ1v) is 13.1. The van der Waals surface area contributed by atoms with Crippen molar-refractivity contribution in [3.63, 3.8) is 0 Å². The third-order valence-corrected chi connectivity index (χ3v) is 6.54. The number of amides is 1. The van der Waals surface area contributed by atoms with Gasteiger partial charge in [-0.3, -0.25) is 4.79 Å². The number of aliphatic hydroxyl groups excluding tert-OH is 2. The minimum atomic E-state index is -2.72. The highest BCUT2D eigenvalue weighted by Gasteiger charge is 2.47. The van der Waals surface area contributed by atoms with E-state index in [1.54, 1.807) is 30.5 Å². The van der Waals surface area contributed by atoms with E-state index >= 15 is 0 Å². The maximum absolute atomic E-state index is 12.5. The Hall–Kier alpha value is -0.810. The lowest BCUT2D eigenvalue weighted by atomic mass is 9.96. The van der Waals surface area contributed by atoms with E-state index in [0.29, 0.717) is 5.56 Å². The van der Waals surface area contributed by atoms with Gasteiger partial charge in [0.2, 0.25) is 0 Å². The van der Waals surface area contributed by atoms with Gasteiger partial charge in [0.05, 0.1) is 12.6 Å². The second kappa shape index (κ2) is 15.2. The van der Waals surface area contributed by atoms with Crippen LogP contribution in [0.15, 0.2) is 24.3 Å².